The van der Waals surface area contributed by atoms with E-state index in [-0.39, 0.29) is 30.1 Å². The second kappa shape index (κ2) is 6.00. The molecule has 0 saturated carbocycles. The minimum atomic E-state index is -3.53. The van der Waals surface area contributed by atoms with E-state index in [1.165, 1.54) is 4.31 Å². The predicted molar refractivity (Wildman–Crippen MR) is 80.5 cm³/mol. The Hall–Kier alpha value is -1.02. The molecular formula is C13H19ClN2O4S. The summed E-state index contributed by atoms with van der Waals surface area (Å²) in [7, 11) is -3.53. The number of nitrogens with zero attached hydrogens (tertiary/aromatic N) is 1. The van der Waals surface area contributed by atoms with Crippen molar-refractivity contribution in [2.24, 2.45) is 5.73 Å². The Bertz CT molecular complexity index is 635. The molecule has 0 spiro atoms. The summed E-state index contributed by atoms with van der Waals surface area (Å²) < 4.78 is 37.6. The molecule has 21 heavy (non-hydrogen) atoms. The van der Waals surface area contributed by atoms with E-state index in [1.54, 1.807) is 19.1 Å². The number of fused-ring (bicyclic) bond motifs is 1. The molecule has 2 heterocycles. The first-order valence-electron chi connectivity index (χ1n) is 6.66. The fourth-order valence-corrected chi connectivity index (χ4v) is 4.72. The van der Waals surface area contributed by atoms with Crippen LogP contribution in [-0.4, -0.2) is 38.6 Å². The zero-order chi connectivity index (χ0) is 14.3. The van der Waals surface area contributed by atoms with Gasteiger partial charge in [0.15, 0.2) is 11.5 Å². The molecule has 2 N–H and O–H groups in total. The number of nitrogens with two attached hydrogens (primary N) is 1. The summed E-state index contributed by atoms with van der Waals surface area (Å²) in [6.07, 6.45) is 1.67. The molecule has 0 radical (unpaired) electrons. The van der Waals surface area contributed by atoms with Gasteiger partial charge in [0, 0.05) is 25.2 Å². The average molecular weight is 335 g/mol. The number of aryl methyl sites for hydroxylation is 1. The lowest BCUT2D eigenvalue weighted by Crippen LogP contribution is -2.40. The molecule has 0 amide bonds. The largest absolute Gasteiger partial charge is 0.454 e. The Balaban J connectivity index is 0.00000161. The van der Waals surface area contributed by atoms with Crippen molar-refractivity contribution >= 4 is 22.4 Å². The van der Waals surface area contributed by atoms with Crippen LogP contribution in [0, 0.1) is 6.92 Å². The number of halogens is 1. The highest BCUT2D eigenvalue weighted by Gasteiger charge is 2.36. The van der Waals surface area contributed by atoms with Crippen molar-refractivity contribution in [3.8, 4) is 11.5 Å². The topological polar surface area (TPSA) is 81.9 Å². The standard InChI is InChI=1S/C13H18N2O4S.ClH/c1-9-5-11-12(19-8-18-11)6-13(9)20(16,17)15-4-2-3-10(15)7-14;/h5-6,10H,2-4,7-8,14H2,1H3;1H. The lowest BCUT2D eigenvalue weighted by Gasteiger charge is -2.23. The van der Waals surface area contributed by atoms with E-state index in [9.17, 15) is 8.42 Å². The molecule has 1 fully saturated rings. The van der Waals surface area contributed by atoms with Gasteiger partial charge < -0.3 is 15.2 Å². The first-order chi connectivity index (χ1) is 9.54. The van der Waals surface area contributed by atoms with E-state index in [2.05, 4.69) is 0 Å². The van der Waals surface area contributed by atoms with Crippen LogP contribution in [0.15, 0.2) is 17.0 Å². The monoisotopic (exact) mass is 334 g/mol. The van der Waals surface area contributed by atoms with Crippen molar-refractivity contribution in [3.05, 3.63) is 17.7 Å². The number of hydrogen-bond acceptors (Lipinski definition) is 5. The van der Waals surface area contributed by atoms with E-state index >= 15 is 0 Å². The van der Waals surface area contributed by atoms with Gasteiger partial charge in [-0.1, -0.05) is 0 Å². The van der Waals surface area contributed by atoms with Gasteiger partial charge >= 0.3 is 0 Å². The van der Waals surface area contributed by atoms with Gasteiger partial charge in [-0.3, -0.25) is 0 Å². The molecule has 118 valence electrons. The number of sulfonamides is 1. The minimum Gasteiger partial charge on any atom is -0.454 e. The van der Waals surface area contributed by atoms with Gasteiger partial charge in [-0.25, -0.2) is 8.42 Å². The Kier molecular flexibility index (Phi) is 4.67. The summed E-state index contributed by atoms with van der Waals surface area (Å²) >= 11 is 0. The maximum atomic E-state index is 12.8. The summed E-state index contributed by atoms with van der Waals surface area (Å²) in [5.74, 6) is 1.08. The van der Waals surface area contributed by atoms with Crippen LogP contribution in [-0.2, 0) is 10.0 Å². The number of ether oxygens (including phenoxy) is 2. The second-order valence-corrected chi connectivity index (χ2v) is 6.98. The summed E-state index contributed by atoms with van der Waals surface area (Å²) in [5.41, 5.74) is 6.34. The quantitative estimate of drug-likeness (QED) is 0.899. The second-order valence-electron chi connectivity index (χ2n) is 5.12. The van der Waals surface area contributed by atoms with E-state index in [4.69, 9.17) is 15.2 Å². The lowest BCUT2D eigenvalue weighted by atomic mass is 10.2. The summed E-state index contributed by atoms with van der Waals surface area (Å²) in [6.45, 7) is 2.77. The maximum Gasteiger partial charge on any atom is 0.243 e. The normalized spacial score (nSPS) is 21.3. The third kappa shape index (κ3) is 2.70. The van der Waals surface area contributed by atoms with Crippen molar-refractivity contribution < 1.29 is 17.9 Å². The molecule has 6 nitrogen and oxygen atoms in total. The average Bonchev–Trinajstić information content (AvgIpc) is 3.05. The van der Waals surface area contributed by atoms with Gasteiger partial charge in [0.25, 0.3) is 0 Å². The number of benzene rings is 1. The van der Waals surface area contributed by atoms with E-state index in [0.717, 1.165) is 12.8 Å². The summed E-state index contributed by atoms with van der Waals surface area (Å²) in [5, 5.41) is 0. The van der Waals surface area contributed by atoms with Gasteiger partial charge in [-0.15, -0.1) is 12.4 Å². The van der Waals surface area contributed by atoms with Crippen molar-refractivity contribution in [3.63, 3.8) is 0 Å². The van der Waals surface area contributed by atoms with Gasteiger partial charge in [-0.2, -0.15) is 4.31 Å². The SMILES string of the molecule is Cc1cc2c(cc1S(=O)(=O)N1CCCC1CN)OCO2.Cl. The van der Waals surface area contributed by atoms with Crippen molar-refractivity contribution in [1.29, 1.82) is 0 Å². The van der Waals surface area contributed by atoms with Crippen LogP contribution in [0.1, 0.15) is 18.4 Å². The molecule has 3 rings (SSSR count). The Labute approximate surface area is 130 Å². The number of rotatable bonds is 3. The third-order valence-corrected chi connectivity index (χ3v) is 5.95. The molecule has 1 aromatic carbocycles. The molecular weight excluding hydrogens is 316 g/mol. The van der Waals surface area contributed by atoms with Crippen molar-refractivity contribution in [1.82, 2.24) is 4.31 Å². The first-order valence-corrected chi connectivity index (χ1v) is 8.10. The van der Waals surface area contributed by atoms with Gasteiger partial charge in [-0.05, 0) is 31.4 Å². The first kappa shape index (κ1) is 16.4. The molecule has 1 unspecified atom stereocenters. The zero-order valence-electron chi connectivity index (χ0n) is 11.7. The lowest BCUT2D eigenvalue weighted by molar-refractivity contribution is 0.174. The Morgan fingerprint density at radius 1 is 1.33 bits per heavy atom. The van der Waals surface area contributed by atoms with Crippen LogP contribution < -0.4 is 15.2 Å². The number of hydrogen-bond donors (Lipinski definition) is 1. The van der Waals surface area contributed by atoms with Crippen LogP contribution in [0.3, 0.4) is 0 Å². The Morgan fingerprint density at radius 2 is 2.00 bits per heavy atom. The van der Waals surface area contributed by atoms with Crippen molar-refractivity contribution in [2.75, 3.05) is 19.9 Å². The highest BCUT2D eigenvalue weighted by Crippen LogP contribution is 2.38. The smallest absolute Gasteiger partial charge is 0.243 e. The molecule has 2 aliphatic rings. The summed E-state index contributed by atoms with van der Waals surface area (Å²) in [4.78, 5) is 0.280. The summed E-state index contributed by atoms with van der Waals surface area (Å²) in [6, 6.07) is 3.16. The Morgan fingerprint density at radius 3 is 2.67 bits per heavy atom. The zero-order valence-corrected chi connectivity index (χ0v) is 13.4. The minimum absolute atomic E-state index is 0. The van der Waals surface area contributed by atoms with Gasteiger partial charge in [0.05, 0.1) is 4.90 Å². The van der Waals surface area contributed by atoms with E-state index < -0.39 is 10.0 Å². The molecule has 8 heteroatoms. The predicted octanol–water partition coefficient (Wildman–Crippen LogP) is 1.26. The van der Waals surface area contributed by atoms with E-state index in [1.807, 2.05) is 0 Å². The van der Waals surface area contributed by atoms with Crippen LogP contribution in [0.25, 0.3) is 0 Å². The highest BCUT2D eigenvalue weighted by molar-refractivity contribution is 7.89. The fraction of sp³-hybridized carbons (Fsp3) is 0.538. The molecule has 0 bridgehead atoms. The van der Waals surface area contributed by atoms with Crippen molar-refractivity contribution in [2.45, 2.75) is 30.7 Å². The van der Waals surface area contributed by atoms with Crippen LogP contribution in [0.5, 0.6) is 11.5 Å². The molecule has 1 atom stereocenters. The van der Waals surface area contributed by atoms with Crippen LogP contribution >= 0.6 is 12.4 Å². The highest BCUT2D eigenvalue weighted by atomic mass is 35.5. The molecule has 0 aromatic heterocycles. The van der Waals surface area contributed by atoms with E-state index in [0.29, 0.717) is 30.2 Å². The molecule has 1 saturated heterocycles. The molecule has 2 aliphatic heterocycles. The molecule has 0 aliphatic carbocycles. The van der Waals surface area contributed by atoms with Crippen LogP contribution in [0.2, 0.25) is 0 Å². The van der Waals surface area contributed by atoms with Gasteiger partial charge in [0.1, 0.15) is 0 Å². The third-order valence-electron chi connectivity index (χ3n) is 3.85. The van der Waals surface area contributed by atoms with Gasteiger partial charge in [0.2, 0.25) is 16.8 Å². The fourth-order valence-electron chi connectivity index (χ4n) is 2.79. The maximum absolute atomic E-state index is 12.8. The van der Waals surface area contributed by atoms with Crippen LogP contribution in [0.4, 0.5) is 0 Å². The molecule has 1 aromatic rings.